The number of likely N-dealkylation sites (tertiary alicyclic amines) is 1. The molecular weight excluding hydrogens is 242 g/mol. The molecule has 1 aliphatic heterocycles. The highest BCUT2D eigenvalue weighted by molar-refractivity contribution is 5.65. The number of benzene rings is 1. The van der Waals surface area contributed by atoms with Crippen molar-refractivity contribution in [3.63, 3.8) is 0 Å². The van der Waals surface area contributed by atoms with Crippen molar-refractivity contribution in [2.45, 2.75) is 38.3 Å². The van der Waals surface area contributed by atoms with Crippen molar-refractivity contribution in [2.24, 2.45) is 0 Å². The van der Waals surface area contributed by atoms with Gasteiger partial charge in [0.2, 0.25) is 0 Å². The first-order valence-electron chi connectivity index (χ1n) is 6.90. The van der Waals surface area contributed by atoms with Crippen LogP contribution < -0.4 is 5.32 Å². The zero-order valence-corrected chi connectivity index (χ0v) is 11.1. The minimum absolute atomic E-state index is 0.215. The van der Waals surface area contributed by atoms with Crippen molar-refractivity contribution >= 4 is 11.4 Å². The molecule has 0 amide bonds. The molecule has 1 unspecified atom stereocenters. The molecule has 1 atom stereocenters. The second-order valence-electron chi connectivity index (χ2n) is 5.58. The summed E-state index contributed by atoms with van der Waals surface area (Å²) < 4.78 is 0. The second kappa shape index (κ2) is 4.81. The highest BCUT2D eigenvalue weighted by atomic mass is 16.6. The van der Waals surface area contributed by atoms with E-state index < -0.39 is 0 Å². The van der Waals surface area contributed by atoms with Gasteiger partial charge in [-0.1, -0.05) is 12.1 Å². The molecule has 0 spiro atoms. The van der Waals surface area contributed by atoms with Gasteiger partial charge in [0.15, 0.2) is 0 Å². The second-order valence-corrected chi connectivity index (χ2v) is 5.58. The van der Waals surface area contributed by atoms with E-state index in [1.807, 2.05) is 12.1 Å². The molecule has 102 valence electrons. The van der Waals surface area contributed by atoms with Crippen LogP contribution in [0.2, 0.25) is 0 Å². The number of anilines is 1. The zero-order chi connectivity index (χ0) is 13.4. The fourth-order valence-corrected chi connectivity index (χ4v) is 2.91. The van der Waals surface area contributed by atoms with Crippen LogP contribution in [0.1, 0.15) is 24.8 Å². The number of nitrogens with one attached hydrogen (secondary N) is 1. The molecule has 2 aliphatic rings. The molecule has 0 radical (unpaired) electrons. The lowest BCUT2D eigenvalue weighted by atomic mass is 10.1. The number of aryl methyl sites for hydroxylation is 1. The summed E-state index contributed by atoms with van der Waals surface area (Å²) in [4.78, 5) is 13.4. The predicted octanol–water partition coefficient (Wildman–Crippen LogP) is 2.55. The fourth-order valence-electron chi connectivity index (χ4n) is 2.91. The lowest BCUT2D eigenvalue weighted by Crippen LogP contribution is -2.27. The van der Waals surface area contributed by atoms with Gasteiger partial charge in [-0.2, -0.15) is 0 Å². The van der Waals surface area contributed by atoms with Crippen molar-refractivity contribution in [2.75, 3.05) is 18.4 Å². The first-order valence-corrected chi connectivity index (χ1v) is 6.90. The quantitative estimate of drug-likeness (QED) is 0.668. The Labute approximate surface area is 112 Å². The normalized spacial score (nSPS) is 23.5. The van der Waals surface area contributed by atoms with Gasteiger partial charge in [-0.15, -0.1) is 0 Å². The molecule has 1 saturated heterocycles. The van der Waals surface area contributed by atoms with E-state index in [9.17, 15) is 10.1 Å². The number of hydrogen-bond acceptors (Lipinski definition) is 4. The van der Waals surface area contributed by atoms with Gasteiger partial charge in [-0.3, -0.25) is 15.0 Å². The van der Waals surface area contributed by atoms with E-state index in [1.165, 1.54) is 12.8 Å². The lowest BCUT2D eigenvalue weighted by molar-refractivity contribution is -0.384. The average Bonchev–Trinajstić information content (AvgIpc) is 3.10. The van der Waals surface area contributed by atoms with Crippen LogP contribution in [0.15, 0.2) is 18.2 Å². The molecule has 19 heavy (non-hydrogen) atoms. The van der Waals surface area contributed by atoms with Gasteiger partial charge in [0, 0.05) is 30.7 Å². The number of rotatable bonds is 4. The van der Waals surface area contributed by atoms with Crippen LogP contribution in [0.3, 0.4) is 0 Å². The molecule has 1 N–H and O–H groups in total. The van der Waals surface area contributed by atoms with Crippen LogP contribution in [0.4, 0.5) is 11.4 Å². The van der Waals surface area contributed by atoms with Gasteiger partial charge in [0.05, 0.1) is 4.92 Å². The van der Waals surface area contributed by atoms with E-state index >= 15 is 0 Å². The molecule has 0 bridgehead atoms. The monoisotopic (exact) mass is 261 g/mol. The summed E-state index contributed by atoms with van der Waals surface area (Å²) in [6, 6.07) is 6.58. The summed E-state index contributed by atoms with van der Waals surface area (Å²) in [5, 5.41) is 14.5. The van der Waals surface area contributed by atoms with Crippen molar-refractivity contribution < 1.29 is 4.92 Å². The predicted molar refractivity (Wildman–Crippen MR) is 74.5 cm³/mol. The number of nitrogens with zero attached hydrogens (tertiary/aromatic N) is 2. The molecular formula is C14H19N3O2. The van der Waals surface area contributed by atoms with Crippen LogP contribution in [-0.2, 0) is 0 Å². The van der Waals surface area contributed by atoms with Crippen LogP contribution in [0.25, 0.3) is 0 Å². The molecule has 2 fully saturated rings. The van der Waals surface area contributed by atoms with E-state index in [2.05, 4.69) is 10.2 Å². The summed E-state index contributed by atoms with van der Waals surface area (Å²) in [5.74, 6) is 0. The van der Waals surface area contributed by atoms with Crippen molar-refractivity contribution in [1.29, 1.82) is 0 Å². The van der Waals surface area contributed by atoms with Crippen molar-refractivity contribution in [3.8, 4) is 0 Å². The molecule has 1 aromatic carbocycles. The summed E-state index contributed by atoms with van der Waals surface area (Å²) >= 11 is 0. The molecule has 3 rings (SSSR count). The maximum atomic E-state index is 11.2. The van der Waals surface area contributed by atoms with Crippen LogP contribution in [-0.4, -0.2) is 35.0 Å². The molecule has 1 aliphatic carbocycles. The SMILES string of the molecule is Cc1cccc(NC2CCN(C3CC3)C2)c1[N+](=O)[O-]. The largest absolute Gasteiger partial charge is 0.375 e. The van der Waals surface area contributed by atoms with Gasteiger partial charge in [0.25, 0.3) is 5.69 Å². The topological polar surface area (TPSA) is 58.4 Å². The number of hydrogen-bond donors (Lipinski definition) is 1. The van der Waals surface area contributed by atoms with E-state index in [0.717, 1.165) is 25.6 Å². The number of para-hydroxylation sites is 1. The van der Waals surface area contributed by atoms with Crippen LogP contribution in [0.5, 0.6) is 0 Å². The first-order chi connectivity index (χ1) is 9.15. The molecule has 1 aromatic rings. The van der Waals surface area contributed by atoms with E-state index in [-0.39, 0.29) is 10.6 Å². The Morgan fingerprint density at radius 2 is 2.16 bits per heavy atom. The Hall–Kier alpha value is -1.62. The van der Waals surface area contributed by atoms with Crippen LogP contribution >= 0.6 is 0 Å². The third-order valence-electron chi connectivity index (χ3n) is 4.06. The summed E-state index contributed by atoms with van der Waals surface area (Å²) in [6.07, 6.45) is 3.70. The Morgan fingerprint density at radius 1 is 1.37 bits per heavy atom. The van der Waals surface area contributed by atoms with Crippen molar-refractivity contribution in [1.82, 2.24) is 4.90 Å². The van der Waals surface area contributed by atoms with E-state index in [4.69, 9.17) is 0 Å². The van der Waals surface area contributed by atoms with Gasteiger partial charge < -0.3 is 5.32 Å². The smallest absolute Gasteiger partial charge is 0.295 e. The highest BCUT2D eigenvalue weighted by Gasteiger charge is 2.34. The number of nitro benzene ring substituents is 1. The first kappa shape index (κ1) is 12.4. The minimum Gasteiger partial charge on any atom is -0.375 e. The number of nitro groups is 1. The van der Waals surface area contributed by atoms with Gasteiger partial charge in [0.1, 0.15) is 5.69 Å². The molecule has 0 aromatic heterocycles. The Morgan fingerprint density at radius 3 is 2.84 bits per heavy atom. The van der Waals surface area contributed by atoms with Crippen LogP contribution in [0, 0.1) is 17.0 Å². The van der Waals surface area contributed by atoms with Crippen molar-refractivity contribution in [3.05, 3.63) is 33.9 Å². The third-order valence-corrected chi connectivity index (χ3v) is 4.06. The standard InChI is InChI=1S/C14H19N3O2/c1-10-3-2-4-13(14(10)17(18)19)15-11-7-8-16(9-11)12-5-6-12/h2-4,11-12,15H,5-9H2,1H3. The Kier molecular flexibility index (Phi) is 3.14. The van der Waals surface area contributed by atoms with Gasteiger partial charge in [-0.25, -0.2) is 0 Å². The molecule has 1 heterocycles. The van der Waals surface area contributed by atoms with Gasteiger partial charge in [-0.05, 0) is 32.3 Å². The summed E-state index contributed by atoms with van der Waals surface area (Å²) in [5.41, 5.74) is 1.59. The highest BCUT2D eigenvalue weighted by Crippen LogP contribution is 2.33. The maximum Gasteiger partial charge on any atom is 0.295 e. The summed E-state index contributed by atoms with van der Waals surface area (Å²) in [7, 11) is 0. The average molecular weight is 261 g/mol. The minimum atomic E-state index is -0.286. The Bertz CT molecular complexity index is 499. The third kappa shape index (κ3) is 2.56. The fraction of sp³-hybridized carbons (Fsp3) is 0.571. The van der Waals surface area contributed by atoms with Gasteiger partial charge >= 0.3 is 0 Å². The molecule has 5 heteroatoms. The van der Waals surface area contributed by atoms with E-state index in [0.29, 0.717) is 17.3 Å². The maximum absolute atomic E-state index is 11.2. The Balaban J connectivity index is 1.73. The van der Waals surface area contributed by atoms with E-state index in [1.54, 1.807) is 13.0 Å². The molecule has 1 saturated carbocycles. The summed E-state index contributed by atoms with van der Waals surface area (Å²) in [6.45, 7) is 3.91. The molecule has 5 nitrogen and oxygen atoms in total. The zero-order valence-electron chi connectivity index (χ0n) is 11.1. The lowest BCUT2D eigenvalue weighted by Gasteiger charge is -2.17.